The van der Waals surface area contributed by atoms with Crippen LogP contribution in [0.2, 0.25) is 0 Å². The standard InChI is InChI=1S/C16H27N3O2/c17-10-11-19-16(21)14(8-4-5-9-15(18)20)12-13-6-2-1-3-7-13/h13-14H,1-9,11-12H2,(H2,18,20)(H,19,21)/t14-/m0/s1. The molecule has 0 aromatic rings. The normalized spacial score (nSPS) is 16.9. The molecular formula is C16H27N3O2. The van der Waals surface area contributed by atoms with Gasteiger partial charge in [-0.15, -0.1) is 0 Å². The van der Waals surface area contributed by atoms with E-state index in [4.69, 9.17) is 11.0 Å². The van der Waals surface area contributed by atoms with E-state index in [0.717, 1.165) is 25.7 Å². The van der Waals surface area contributed by atoms with Crippen molar-refractivity contribution in [1.82, 2.24) is 5.32 Å². The minimum Gasteiger partial charge on any atom is -0.370 e. The maximum atomic E-state index is 12.2. The zero-order chi connectivity index (χ0) is 15.5. The van der Waals surface area contributed by atoms with Gasteiger partial charge in [-0.25, -0.2) is 0 Å². The average molecular weight is 293 g/mol. The van der Waals surface area contributed by atoms with Crippen LogP contribution in [0.15, 0.2) is 0 Å². The fourth-order valence-corrected chi connectivity index (χ4v) is 3.14. The minimum absolute atomic E-state index is 0.0128. The van der Waals surface area contributed by atoms with Crippen LogP contribution in [0.5, 0.6) is 0 Å². The Balaban J connectivity index is 2.42. The number of rotatable bonds is 9. The predicted octanol–water partition coefficient (Wildman–Crippen LogP) is 2.26. The van der Waals surface area contributed by atoms with E-state index < -0.39 is 0 Å². The molecule has 1 aliphatic carbocycles. The van der Waals surface area contributed by atoms with Crippen molar-refractivity contribution in [2.45, 2.75) is 64.2 Å². The van der Waals surface area contributed by atoms with Crippen LogP contribution in [0, 0.1) is 23.2 Å². The van der Waals surface area contributed by atoms with Gasteiger partial charge in [-0.1, -0.05) is 38.5 Å². The first-order valence-electron chi connectivity index (χ1n) is 8.06. The number of nitriles is 1. The Morgan fingerprint density at radius 3 is 2.57 bits per heavy atom. The Labute approximate surface area is 127 Å². The molecule has 0 saturated heterocycles. The van der Waals surface area contributed by atoms with Crippen molar-refractivity contribution in [3.05, 3.63) is 0 Å². The largest absolute Gasteiger partial charge is 0.370 e. The number of nitrogens with one attached hydrogen (secondary N) is 1. The number of unbranched alkanes of at least 4 members (excludes halogenated alkanes) is 1. The SMILES string of the molecule is N#CCNC(=O)[C@@H](CCCCC(N)=O)CC1CCCCC1. The molecular weight excluding hydrogens is 266 g/mol. The van der Waals surface area contributed by atoms with Crippen molar-refractivity contribution in [1.29, 1.82) is 5.26 Å². The lowest BCUT2D eigenvalue weighted by atomic mass is 9.81. The van der Waals surface area contributed by atoms with Gasteiger partial charge in [0.05, 0.1) is 6.07 Å². The summed E-state index contributed by atoms with van der Waals surface area (Å²) in [4.78, 5) is 22.9. The quantitative estimate of drug-likeness (QED) is 0.504. The smallest absolute Gasteiger partial charge is 0.223 e. The van der Waals surface area contributed by atoms with Gasteiger partial charge in [0, 0.05) is 12.3 Å². The molecule has 5 heteroatoms. The molecule has 1 saturated carbocycles. The second-order valence-corrected chi connectivity index (χ2v) is 6.02. The predicted molar refractivity (Wildman–Crippen MR) is 81.0 cm³/mol. The number of hydrogen-bond acceptors (Lipinski definition) is 3. The third kappa shape index (κ3) is 7.69. The maximum Gasteiger partial charge on any atom is 0.223 e. The summed E-state index contributed by atoms with van der Waals surface area (Å²) < 4.78 is 0. The van der Waals surface area contributed by atoms with Crippen molar-refractivity contribution in [2.24, 2.45) is 17.6 Å². The van der Waals surface area contributed by atoms with Crippen molar-refractivity contribution < 1.29 is 9.59 Å². The van der Waals surface area contributed by atoms with Gasteiger partial charge in [-0.2, -0.15) is 5.26 Å². The molecule has 3 N–H and O–H groups in total. The van der Waals surface area contributed by atoms with E-state index >= 15 is 0 Å². The van der Waals surface area contributed by atoms with E-state index in [2.05, 4.69) is 5.32 Å². The lowest BCUT2D eigenvalue weighted by Crippen LogP contribution is -2.32. The Kier molecular flexibility index (Phi) is 8.49. The molecule has 0 spiro atoms. The molecule has 2 amide bonds. The van der Waals surface area contributed by atoms with E-state index in [0.29, 0.717) is 12.3 Å². The van der Waals surface area contributed by atoms with Gasteiger partial charge in [0.1, 0.15) is 6.54 Å². The van der Waals surface area contributed by atoms with E-state index in [1.165, 1.54) is 32.1 Å². The van der Waals surface area contributed by atoms with Gasteiger partial charge < -0.3 is 11.1 Å². The van der Waals surface area contributed by atoms with Gasteiger partial charge in [0.2, 0.25) is 11.8 Å². The number of amides is 2. The molecule has 0 radical (unpaired) electrons. The first kappa shape index (κ1) is 17.5. The number of hydrogen-bond donors (Lipinski definition) is 2. The molecule has 0 unspecified atom stereocenters. The second kappa shape index (κ2) is 10.2. The first-order valence-corrected chi connectivity index (χ1v) is 8.06. The summed E-state index contributed by atoms with van der Waals surface area (Å²) in [7, 11) is 0. The van der Waals surface area contributed by atoms with Crippen LogP contribution in [-0.2, 0) is 9.59 Å². The number of carbonyl (C=O) groups is 2. The highest BCUT2D eigenvalue weighted by molar-refractivity contribution is 5.78. The zero-order valence-corrected chi connectivity index (χ0v) is 12.8. The number of primary amides is 1. The Morgan fingerprint density at radius 1 is 1.24 bits per heavy atom. The fraction of sp³-hybridized carbons (Fsp3) is 0.812. The lowest BCUT2D eigenvalue weighted by molar-refractivity contribution is -0.125. The maximum absolute atomic E-state index is 12.2. The lowest BCUT2D eigenvalue weighted by Gasteiger charge is -2.26. The van der Waals surface area contributed by atoms with E-state index in [9.17, 15) is 9.59 Å². The third-order valence-corrected chi connectivity index (χ3v) is 4.28. The van der Waals surface area contributed by atoms with Crippen molar-refractivity contribution in [2.75, 3.05) is 6.54 Å². The molecule has 1 rings (SSSR count). The van der Waals surface area contributed by atoms with Crippen molar-refractivity contribution in [3.63, 3.8) is 0 Å². The minimum atomic E-state index is -0.284. The molecule has 21 heavy (non-hydrogen) atoms. The second-order valence-electron chi connectivity index (χ2n) is 6.02. The zero-order valence-electron chi connectivity index (χ0n) is 12.8. The summed E-state index contributed by atoms with van der Waals surface area (Å²) in [5.41, 5.74) is 5.13. The van der Waals surface area contributed by atoms with Crippen LogP contribution < -0.4 is 11.1 Å². The van der Waals surface area contributed by atoms with Gasteiger partial charge in [0.15, 0.2) is 0 Å². The van der Waals surface area contributed by atoms with Crippen LogP contribution in [0.3, 0.4) is 0 Å². The highest BCUT2D eigenvalue weighted by Crippen LogP contribution is 2.30. The van der Waals surface area contributed by atoms with Crippen LogP contribution in [0.4, 0.5) is 0 Å². The highest BCUT2D eigenvalue weighted by atomic mass is 16.2. The summed E-state index contributed by atoms with van der Waals surface area (Å²) >= 11 is 0. The van der Waals surface area contributed by atoms with Crippen molar-refractivity contribution in [3.8, 4) is 6.07 Å². The van der Waals surface area contributed by atoms with Gasteiger partial charge in [0.25, 0.3) is 0 Å². The van der Waals surface area contributed by atoms with Crippen molar-refractivity contribution >= 4 is 11.8 Å². The molecule has 0 heterocycles. The van der Waals surface area contributed by atoms with Crippen LogP contribution in [-0.4, -0.2) is 18.4 Å². The van der Waals surface area contributed by atoms with E-state index in [1.54, 1.807) is 0 Å². The molecule has 5 nitrogen and oxygen atoms in total. The molecule has 0 aromatic carbocycles. The average Bonchev–Trinajstić information content (AvgIpc) is 2.48. The molecule has 1 atom stereocenters. The van der Waals surface area contributed by atoms with Gasteiger partial charge in [-0.3, -0.25) is 9.59 Å². The third-order valence-electron chi connectivity index (χ3n) is 4.28. The Hall–Kier alpha value is -1.57. The van der Waals surface area contributed by atoms with E-state index in [1.807, 2.05) is 6.07 Å². The summed E-state index contributed by atoms with van der Waals surface area (Å²) in [5.74, 6) is 0.302. The molecule has 0 bridgehead atoms. The van der Waals surface area contributed by atoms with Crippen LogP contribution in [0.1, 0.15) is 64.2 Å². The van der Waals surface area contributed by atoms with Crippen LogP contribution in [0.25, 0.3) is 0 Å². The molecule has 1 aliphatic rings. The summed E-state index contributed by atoms with van der Waals surface area (Å²) in [5, 5.41) is 11.3. The first-order chi connectivity index (χ1) is 10.1. The molecule has 0 aromatic heterocycles. The van der Waals surface area contributed by atoms with E-state index in [-0.39, 0.29) is 24.3 Å². The van der Waals surface area contributed by atoms with Gasteiger partial charge >= 0.3 is 0 Å². The topological polar surface area (TPSA) is 96.0 Å². The highest BCUT2D eigenvalue weighted by Gasteiger charge is 2.23. The Bertz CT molecular complexity index is 370. The Morgan fingerprint density at radius 2 is 1.95 bits per heavy atom. The number of carbonyl (C=O) groups excluding carboxylic acids is 2. The summed E-state index contributed by atoms with van der Waals surface area (Å²) in [6.45, 7) is 0.0707. The molecule has 1 fully saturated rings. The monoisotopic (exact) mass is 293 g/mol. The fourth-order valence-electron chi connectivity index (χ4n) is 3.14. The summed E-state index contributed by atoms with van der Waals surface area (Å²) in [6, 6.07) is 1.95. The number of nitrogens with two attached hydrogens (primary N) is 1. The van der Waals surface area contributed by atoms with Crippen LogP contribution >= 0.6 is 0 Å². The molecule has 118 valence electrons. The molecule has 0 aliphatic heterocycles. The van der Waals surface area contributed by atoms with Gasteiger partial charge in [-0.05, 0) is 25.2 Å². The summed E-state index contributed by atoms with van der Waals surface area (Å²) in [6.07, 6.45) is 9.90. The number of nitrogens with zero attached hydrogens (tertiary/aromatic N) is 1.